The summed E-state index contributed by atoms with van der Waals surface area (Å²) in [7, 11) is -2.98. The lowest BCUT2D eigenvalue weighted by Gasteiger charge is -2.25. The summed E-state index contributed by atoms with van der Waals surface area (Å²) in [5, 5.41) is 3.32. The van der Waals surface area contributed by atoms with E-state index in [-0.39, 0.29) is 22.6 Å². The van der Waals surface area contributed by atoms with Gasteiger partial charge in [-0.25, -0.2) is 12.8 Å². The molecule has 0 aromatic heterocycles. The van der Waals surface area contributed by atoms with Gasteiger partial charge in [0.15, 0.2) is 9.84 Å². The van der Waals surface area contributed by atoms with Crippen LogP contribution in [-0.2, 0) is 9.84 Å². The molecule has 0 aliphatic carbocycles. The Morgan fingerprint density at radius 3 is 2.78 bits per heavy atom. The van der Waals surface area contributed by atoms with Crippen molar-refractivity contribution in [3.8, 4) is 0 Å². The highest BCUT2D eigenvalue weighted by atomic mass is 79.9. The molecule has 2 rings (SSSR count). The average molecular weight is 357 g/mol. The van der Waals surface area contributed by atoms with Gasteiger partial charge in [0, 0.05) is 10.5 Å². The first-order valence-electron chi connectivity index (χ1n) is 5.49. The minimum atomic E-state index is -2.98. The maximum atomic E-state index is 13.1. The fraction of sp³-hybridized carbons (Fsp3) is 0.455. The topological polar surface area (TPSA) is 46.2 Å². The van der Waals surface area contributed by atoms with Gasteiger partial charge in [-0.05, 0) is 40.9 Å². The fourth-order valence-electron chi connectivity index (χ4n) is 2.02. The van der Waals surface area contributed by atoms with Crippen molar-refractivity contribution in [1.82, 2.24) is 0 Å². The Morgan fingerprint density at radius 1 is 1.44 bits per heavy atom. The quantitative estimate of drug-likeness (QED) is 0.885. The van der Waals surface area contributed by atoms with Gasteiger partial charge in [-0.2, -0.15) is 0 Å². The molecule has 0 amide bonds. The zero-order valence-electron chi connectivity index (χ0n) is 9.42. The van der Waals surface area contributed by atoms with E-state index >= 15 is 0 Å². The van der Waals surface area contributed by atoms with E-state index in [0.717, 1.165) is 6.42 Å². The standard InChI is InChI=1S/C11H12BrClFNO2S/c12-9-4-7(14)5-10(13)11(9)15-8-2-1-3-18(16,17)6-8/h4-5,8,15H,1-3,6H2. The third-order valence-corrected chi connectivity index (χ3v) is 5.56. The van der Waals surface area contributed by atoms with Crippen LogP contribution in [0.2, 0.25) is 5.02 Å². The molecule has 1 aromatic rings. The first-order chi connectivity index (χ1) is 8.37. The number of hydrogen-bond donors (Lipinski definition) is 1. The lowest BCUT2D eigenvalue weighted by Crippen LogP contribution is -2.35. The molecule has 3 nitrogen and oxygen atoms in total. The van der Waals surface area contributed by atoms with Crippen LogP contribution in [-0.4, -0.2) is 26.0 Å². The molecule has 7 heteroatoms. The molecular weight excluding hydrogens is 345 g/mol. The Balaban J connectivity index is 2.19. The van der Waals surface area contributed by atoms with Crippen LogP contribution in [0.1, 0.15) is 12.8 Å². The van der Waals surface area contributed by atoms with Gasteiger partial charge in [-0.3, -0.25) is 0 Å². The molecule has 1 unspecified atom stereocenters. The molecule has 0 saturated carbocycles. The summed E-state index contributed by atoms with van der Waals surface area (Å²) in [6.45, 7) is 0. The summed E-state index contributed by atoms with van der Waals surface area (Å²) in [5.41, 5.74) is 0.542. The molecule has 1 aliphatic heterocycles. The lowest BCUT2D eigenvalue weighted by molar-refractivity contribution is 0.562. The minimum absolute atomic E-state index is 0.0904. The first kappa shape index (κ1) is 14.1. The van der Waals surface area contributed by atoms with Crippen LogP contribution in [0.25, 0.3) is 0 Å². The van der Waals surface area contributed by atoms with Crippen LogP contribution in [0.3, 0.4) is 0 Å². The second-order valence-electron chi connectivity index (χ2n) is 4.34. The summed E-state index contributed by atoms with van der Waals surface area (Å²) in [5.74, 6) is -0.106. The molecule has 1 aliphatic rings. The van der Waals surface area contributed by atoms with Crippen molar-refractivity contribution < 1.29 is 12.8 Å². The molecule has 18 heavy (non-hydrogen) atoms. The summed E-state index contributed by atoms with van der Waals surface area (Å²) >= 11 is 9.16. The molecule has 100 valence electrons. The highest BCUT2D eigenvalue weighted by Gasteiger charge is 2.25. The van der Waals surface area contributed by atoms with E-state index in [1.165, 1.54) is 12.1 Å². The van der Waals surface area contributed by atoms with Crippen LogP contribution in [0.4, 0.5) is 10.1 Å². The Bertz CT molecular complexity index is 541. The summed E-state index contributed by atoms with van der Waals surface area (Å²) in [6, 6.07) is 2.32. The van der Waals surface area contributed by atoms with Crippen LogP contribution < -0.4 is 5.32 Å². The van der Waals surface area contributed by atoms with E-state index in [1.807, 2.05) is 0 Å². The van der Waals surface area contributed by atoms with Crippen LogP contribution in [0.15, 0.2) is 16.6 Å². The highest BCUT2D eigenvalue weighted by Crippen LogP contribution is 2.33. The van der Waals surface area contributed by atoms with Gasteiger partial charge in [-0.15, -0.1) is 0 Å². The normalized spacial score (nSPS) is 22.7. The third-order valence-electron chi connectivity index (χ3n) is 2.82. The van der Waals surface area contributed by atoms with Gasteiger partial charge >= 0.3 is 0 Å². The Morgan fingerprint density at radius 2 is 2.17 bits per heavy atom. The zero-order chi connectivity index (χ0) is 13.3. The van der Waals surface area contributed by atoms with Crippen LogP contribution in [0.5, 0.6) is 0 Å². The maximum absolute atomic E-state index is 13.1. The molecule has 1 atom stereocenters. The highest BCUT2D eigenvalue weighted by molar-refractivity contribution is 9.10. The van der Waals surface area contributed by atoms with Gasteiger partial charge in [0.05, 0.1) is 22.2 Å². The number of benzene rings is 1. The molecular formula is C11H12BrClFNO2S. The molecule has 1 saturated heterocycles. The van der Waals surface area contributed by atoms with E-state index < -0.39 is 15.7 Å². The number of nitrogens with one attached hydrogen (secondary N) is 1. The minimum Gasteiger partial charge on any atom is -0.379 e. The predicted octanol–water partition coefficient (Wildman–Crippen LogP) is 3.23. The Labute approximate surface area is 119 Å². The maximum Gasteiger partial charge on any atom is 0.152 e. The molecule has 1 N–H and O–H groups in total. The van der Waals surface area contributed by atoms with Crippen molar-refractivity contribution >= 4 is 43.1 Å². The fourth-order valence-corrected chi connectivity index (χ4v) is 4.58. The predicted molar refractivity (Wildman–Crippen MR) is 74.4 cm³/mol. The van der Waals surface area contributed by atoms with Crippen LogP contribution >= 0.6 is 27.5 Å². The van der Waals surface area contributed by atoms with E-state index in [0.29, 0.717) is 16.6 Å². The van der Waals surface area contributed by atoms with Crippen molar-refractivity contribution in [3.63, 3.8) is 0 Å². The number of halogens is 3. The van der Waals surface area contributed by atoms with Crippen LogP contribution in [0, 0.1) is 5.82 Å². The molecule has 1 aromatic carbocycles. The molecule has 0 spiro atoms. The smallest absolute Gasteiger partial charge is 0.152 e. The van der Waals surface area contributed by atoms with Gasteiger partial charge in [0.25, 0.3) is 0 Å². The SMILES string of the molecule is O=S1(=O)CCCC(Nc2c(Cl)cc(F)cc2Br)C1. The van der Waals surface area contributed by atoms with Gasteiger partial charge < -0.3 is 5.32 Å². The van der Waals surface area contributed by atoms with Crippen molar-refractivity contribution in [1.29, 1.82) is 0 Å². The zero-order valence-corrected chi connectivity index (χ0v) is 12.6. The number of anilines is 1. The number of sulfone groups is 1. The average Bonchev–Trinajstić information content (AvgIpc) is 2.22. The molecule has 1 heterocycles. The van der Waals surface area contributed by atoms with Gasteiger partial charge in [0.1, 0.15) is 5.82 Å². The first-order valence-corrected chi connectivity index (χ1v) is 8.48. The van der Waals surface area contributed by atoms with E-state index in [4.69, 9.17) is 11.6 Å². The van der Waals surface area contributed by atoms with Crippen molar-refractivity contribution in [2.24, 2.45) is 0 Å². The monoisotopic (exact) mass is 355 g/mol. The molecule has 0 bridgehead atoms. The summed E-state index contributed by atoms with van der Waals surface area (Å²) in [6.07, 6.45) is 1.40. The number of rotatable bonds is 2. The van der Waals surface area contributed by atoms with Crippen molar-refractivity contribution in [2.45, 2.75) is 18.9 Å². The molecule has 1 fully saturated rings. The van der Waals surface area contributed by atoms with E-state index in [9.17, 15) is 12.8 Å². The largest absolute Gasteiger partial charge is 0.379 e. The lowest BCUT2D eigenvalue weighted by atomic mass is 10.1. The summed E-state index contributed by atoms with van der Waals surface area (Å²) < 4.78 is 36.6. The second kappa shape index (κ2) is 5.35. The van der Waals surface area contributed by atoms with Gasteiger partial charge in [-0.1, -0.05) is 11.6 Å². The Hall–Kier alpha value is -0.330. The summed E-state index contributed by atoms with van der Waals surface area (Å²) in [4.78, 5) is 0. The van der Waals surface area contributed by atoms with E-state index in [1.54, 1.807) is 0 Å². The molecule has 0 radical (unpaired) electrons. The van der Waals surface area contributed by atoms with E-state index in [2.05, 4.69) is 21.2 Å². The third kappa shape index (κ3) is 3.36. The Kier molecular flexibility index (Phi) is 4.18. The number of hydrogen-bond acceptors (Lipinski definition) is 3. The van der Waals surface area contributed by atoms with Crippen molar-refractivity contribution in [2.75, 3.05) is 16.8 Å². The second-order valence-corrected chi connectivity index (χ2v) is 7.83. The van der Waals surface area contributed by atoms with Gasteiger partial charge in [0.2, 0.25) is 0 Å². The van der Waals surface area contributed by atoms with Crippen molar-refractivity contribution in [3.05, 3.63) is 27.4 Å².